The van der Waals surface area contributed by atoms with Crippen molar-refractivity contribution in [3.05, 3.63) is 46.8 Å². The van der Waals surface area contributed by atoms with Crippen molar-refractivity contribution in [1.82, 2.24) is 4.98 Å². The minimum Gasteiger partial charge on any atom is -0.460 e. The Balaban J connectivity index is 2.09. The highest BCUT2D eigenvalue weighted by molar-refractivity contribution is 6.07. The maximum atomic E-state index is 12.6. The summed E-state index contributed by atoms with van der Waals surface area (Å²) < 4.78 is 10.0. The van der Waals surface area contributed by atoms with E-state index in [9.17, 15) is 14.4 Å². The lowest BCUT2D eigenvalue weighted by atomic mass is 10.1. The van der Waals surface area contributed by atoms with E-state index in [1.54, 1.807) is 45.0 Å². The number of hydrogen-bond donors (Lipinski definition) is 3. The highest BCUT2D eigenvalue weighted by atomic mass is 16.6. The van der Waals surface area contributed by atoms with Gasteiger partial charge in [-0.15, -0.1) is 0 Å². The molecule has 0 saturated carbocycles. The van der Waals surface area contributed by atoms with E-state index >= 15 is 0 Å². The molecule has 28 heavy (non-hydrogen) atoms. The number of carbonyl (C=O) groups excluding carboxylic acids is 3. The first-order chi connectivity index (χ1) is 13.4. The molecule has 8 heteroatoms. The van der Waals surface area contributed by atoms with Crippen molar-refractivity contribution in [2.24, 2.45) is 0 Å². The predicted octanol–water partition coefficient (Wildman–Crippen LogP) is 3.04. The summed E-state index contributed by atoms with van der Waals surface area (Å²) in [5.74, 6) is -0.959. The number of esters is 1. The van der Waals surface area contributed by atoms with Gasteiger partial charge in [0.25, 0.3) is 5.91 Å². The summed E-state index contributed by atoms with van der Waals surface area (Å²) in [6, 6.07) is 6.78. The van der Waals surface area contributed by atoms with Crippen molar-refractivity contribution in [2.45, 2.75) is 27.2 Å². The number of anilines is 2. The van der Waals surface area contributed by atoms with Crippen LogP contribution >= 0.6 is 0 Å². The number of aromatic amines is 1. The van der Waals surface area contributed by atoms with Crippen LogP contribution in [-0.4, -0.2) is 43.1 Å². The molecule has 0 fully saturated rings. The first-order valence-corrected chi connectivity index (χ1v) is 8.93. The molecule has 2 aromatic rings. The Morgan fingerprint density at radius 1 is 1.00 bits per heavy atom. The molecule has 0 spiro atoms. The molecule has 150 valence electrons. The fraction of sp³-hybridized carbons (Fsp3) is 0.350. The quantitative estimate of drug-likeness (QED) is 0.476. The Morgan fingerprint density at radius 3 is 2.18 bits per heavy atom. The molecule has 0 bridgehead atoms. The molecule has 0 radical (unpaired) electrons. The molecule has 0 saturated heterocycles. The van der Waals surface area contributed by atoms with Gasteiger partial charge in [0.15, 0.2) is 0 Å². The summed E-state index contributed by atoms with van der Waals surface area (Å²) in [4.78, 5) is 39.2. The first kappa shape index (κ1) is 21.2. The van der Waals surface area contributed by atoms with Crippen molar-refractivity contribution >= 4 is 29.2 Å². The van der Waals surface area contributed by atoms with Gasteiger partial charge in [-0.1, -0.05) is 6.92 Å². The Bertz CT molecular complexity index is 855. The Labute approximate surface area is 163 Å². The lowest BCUT2D eigenvalue weighted by Crippen LogP contribution is -2.15. The fourth-order valence-electron chi connectivity index (χ4n) is 2.65. The summed E-state index contributed by atoms with van der Waals surface area (Å²) in [5, 5.41) is 5.51. The summed E-state index contributed by atoms with van der Waals surface area (Å²) in [6.07, 6.45) is 0.389. The minimum absolute atomic E-state index is 0.0841. The van der Waals surface area contributed by atoms with Crippen LogP contribution in [0.4, 0.5) is 11.4 Å². The van der Waals surface area contributed by atoms with Gasteiger partial charge in [0, 0.05) is 30.6 Å². The normalized spacial score (nSPS) is 10.4. The molecular formula is C20H25N3O5. The number of aryl methyl sites for hydroxylation is 1. The Hall–Kier alpha value is -3.13. The van der Waals surface area contributed by atoms with Gasteiger partial charge in [0.1, 0.15) is 12.3 Å². The molecule has 0 aliphatic heterocycles. The molecule has 1 aromatic carbocycles. The zero-order chi connectivity index (χ0) is 20.7. The number of ether oxygens (including phenoxy) is 2. The summed E-state index contributed by atoms with van der Waals surface area (Å²) in [7, 11) is 1.52. The molecule has 0 atom stereocenters. The largest absolute Gasteiger partial charge is 0.460 e. The van der Waals surface area contributed by atoms with E-state index in [-0.39, 0.29) is 18.4 Å². The van der Waals surface area contributed by atoms with Crippen molar-refractivity contribution in [3.8, 4) is 0 Å². The van der Waals surface area contributed by atoms with Crippen LogP contribution < -0.4 is 10.6 Å². The van der Waals surface area contributed by atoms with Crippen LogP contribution in [0.2, 0.25) is 0 Å². The number of carbonyl (C=O) groups is 3. The molecular weight excluding hydrogens is 362 g/mol. The van der Waals surface area contributed by atoms with Crippen LogP contribution in [0.15, 0.2) is 24.3 Å². The van der Waals surface area contributed by atoms with Gasteiger partial charge in [-0.05, 0) is 43.7 Å². The molecule has 0 aliphatic rings. The van der Waals surface area contributed by atoms with Gasteiger partial charge in [0.05, 0.1) is 12.2 Å². The standard InChI is InChI=1S/C20H25N3O5/c1-5-16(24)22-14-6-8-15(9-7-14)23-19(25)18-12(2)17(13(3)21-18)20(26)28-11-10-27-4/h6-9,21H,5,10-11H2,1-4H3,(H,22,24)(H,23,25). The maximum Gasteiger partial charge on any atom is 0.340 e. The van der Waals surface area contributed by atoms with E-state index in [2.05, 4.69) is 15.6 Å². The van der Waals surface area contributed by atoms with Gasteiger partial charge >= 0.3 is 5.97 Å². The molecule has 3 N–H and O–H groups in total. The third-order valence-electron chi connectivity index (χ3n) is 4.14. The van der Waals surface area contributed by atoms with E-state index in [1.807, 2.05) is 0 Å². The number of aromatic nitrogens is 1. The van der Waals surface area contributed by atoms with Crippen LogP contribution in [-0.2, 0) is 14.3 Å². The lowest BCUT2D eigenvalue weighted by molar-refractivity contribution is -0.115. The smallest absolute Gasteiger partial charge is 0.340 e. The summed E-state index contributed by atoms with van der Waals surface area (Å²) in [6.45, 7) is 5.61. The van der Waals surface area contributed by atoms with Crippen molar-refractivity contribution in [3.63, 3.8) is 0 Å². The van der Waals surface area contributed by atoms with Crippen LogP contribution in [0.1, 0.15) is 45.4 Å². The number of benzene rings is 1. The lowest BCUT2D eigenvalue weighted by Gasteiger charge is -2.08. The molecule has 2 amide bonds. The van der Waals surface area contributed by atoms with Gasteiger partial charge in [-0.2, -0.15) is 0 Å². The van der Waals surface area contributed by atoms with Crippen LogP contribution in [0, 0.1) is 13.8 Å². The second-order valence-corrected chi connectivity index (χ2v) is 6.19. The van der Waals surface area contributed by atoms with E-state index in [1.165, 1.54) is 7.11 Å². The zero-order valence-corrected chi connectivity index (χ0v) is 16.5. The molecule has 2 rings (SSSR count). The monoisotopic (exact) mass is 387 g/mol. The van der Waals surface area contributed by atoms with E-state index in [4.69, 9.17) is 9.47 Å². The molecule has 0 aliphatic carbocycles. The van der Waals surface area contributed by atoms with Gasteiger partial charge in [-0.3, -0.25) is 9.59 Å². The molecule has 1 aromatic heterocycles. The van der Waals surface area contributed by atoms with Crippen LogP contribution in [0.25, 0.3) is 0 Å². The van der Waals surface area contributed by atoms with Crippen molar-refractivity contribution in [2.75, 3.05) is 31.0 Å². The summed E-state index contributed by atoms with van der Waals surface area (Å²) in [5.41, 5.74) is 2.93. The van der Waals surface area contributed by atoms with Crippen LogP contribution in [0.5, 0.6) is 0 Å². The second kappa shape index (κ2) is 9.70. The zero-order valence-electron chi connectivity index (χ0n) is 16.5. The minimum atomic E-state index is -0.502. The highest BCUT2D eigenvalue weighted by Gasteiger charge is 2.23. The fourth-order valence-corrected chi connectivity index (χ4v) is 2.65. The second-order valence-electron chi connectivity index (χ2n) is 6.19. The number of methoxy groups -OCH3 is 1. The molecule has 1 heterocycles. The average molecular weight is 387 g/mol. The Kier molecular flexibility index (Phi) is 7.34. The Morgan fingerprint density at radius 2 is 1.61 bits per heavy atom. The number of nitrogens with one attached hydrogen (secondary N) is 3. The number of hydrogen-bond acceptors (Lipinski definition) is 5. The number of amides is 2. The molecule has 8 nitrogen and oxygen atoms in total. The van der Waals surface area contributed by atoms with E-state index in [0.29, 0.717) is 46.9 Å². The number of H-pyrrole nitrogens is 1. The van der Waals surface area contributed by atoms with Gasteiger partial charge < -0.3 is 25.1 Å². The van der Waals surface area contributed by atoms with Crippen LogP contribution in [0.3, 0.4) is 0 Å². The van der Waals surface area contributed by atoms with Crippen molar-refractivity contribution < 1.29 is 23.9 Å². The third-order valence-corrected chi connectivity index (χ3v) is 4.14. The van der Waals surface area contributed by atoms with Crippen molar-refractivity contribution in [1.29, 1.82) is 0 Å². The van der Waals surface area contributed by atoms with Gasteiger partial charge in [-0.25, -0.2) is 4.79 Å². The molecule has 0 unspecified atom stereocenters. The first-order valence-electron chi connectivity index (χ1n) is 8.93. The maximum absolute atomic E-state index is 12.6. The predicted molar refractivity (Wildman–Crippen MR) is 106 cm³/mol. The average Bonchev–Trinajstić information content (AvgIpc) is 2.97. The van der Waals surface area contributed by atoms with E-state index in [0.717, 1.165) is 0 Å². The third kappa shape index (κ3) is 5.20. The SMILES string of the molecule is CCC(=O)Nc1ccc(NC(=O)c2[nH]c(C)c(C(=O)OCCOC)c2C)cc1. The van der Waals surface area contributed by atoms with E-state index < -0.39 is 5.97 Å². The highest BCUT2D eigenvalue weighted by Crippen LogP contribution is 2.21. The summed E-state index contributed by atoms with van der Waals surface area (Å²) >= 11 is 0. The van der Waals surface area contributed by atoms with Gasteiger partial charge in [0.2, 0.25) is 5.91 Å². The number of rotatable bonds is 8. The topological polar surface area (TPSA) is 110 Å².